The molecule has 1 N–H and O–H groups in total. The van der Waals surface area contributed by atoms with Gasteiger partial charge in [0, 0.05) is 0 Å². The van der Waals surface area contributed by atoms with E-state index in [9.17, 15) is 9.59 Å². The van der Waals surface area contributed by atoms with Crippen LogP contribution >= 0.6 is 0 Å². The van der Waals surface area contributed by atoms with Gasteiger partial charge in [-0.25, -0.2) is 0 Å². The van der Waals surface area contributed by atoms with Crippen molar-refractivity contribution in [2.45, 2.75) is 13.0 Å². The zero-order valence-electron chi connectivity index (χ0n) is 13.5. The Morgan fingerprint density at radius 2 is 2.00 bits per heavy atom. The van der Waals surface area contributed by atoms with Crippen LogP contribution in [0.25, 0.3) is 17.8 Å². The van der Waals surface area contributed by atoms with Crippen molar-refractivity contribution in [2.75, 3.05) is 0 Å². The van der Waals surface area contributed by atoms with Gasteiger partial charge in [-0.15, -0.1) is 0 Å². The van der Waals surface area contributed by atoms with E-state index in [1.165, 1.54) is 10.8 Å². The molecule has 0 fully saturated rings. The molecule has 2 aliphatic rings. The smallest absolute Gasteiger partial charge is 0.265 e. The Bertz CT molecular complexity index is 1000. The van der Waals surface area contributed by atoms with Crippen LogP contribution < -0.4 is 15.6 Å². The average molecular weight is 333 g/mol. The molecule has 0 saturated heterocycles. The number of amides is 1. The molecule has 0 radical (unpaired) electrons. The summed E-state index contributed by atoms with van der Waals surface area (Å²) in [6.07, 6.45) is 8.28. The molecular weight excluding hydrogens is 318 g/mol. The Hall–Kier alpha value is -3.41. The van der Waals surface area contributed by atoms with E-state index in [-0.39, 0.29) is 17.3 Å². The number of rotatable bonds is 1. The lowest BCUT2D eigenvalue weighted by Crippen LogP contribution is -2.43. The summed E-state index contributed by atoms with van der Waals surface area (Å²) in [5.41, 5.74) is 1.38. The maximum atomic E-state index is 12.9. The number of nitrogens with one attached hydrogen (secondary N) is 1. The Kier molecular flexibility index (Phi) is 3.57. The lowest BCUT2D eigenvalue weighted by atomic mass is 10.1. The summed E-state index contributed by atoms with van der Waals surface area (Å²) in [4.78, 5) is 29.8. The zero-order chi connectivity index (χ0) is 17.4. The minimum atomic E-state index is -0.655. The number of ether oxygens (including phenoxy) is 1. The Morgan fingerprint density at radius 1 is 1.20 bits per heavy atom. The summed E-state index contributed by atoms with van der Waals surface area (Å²) >= 11 is 0. The summed E-state index contributed by atoms with van der Waals surface area (Å²) in [7, 11) is 0. The third-order valence-electron chi connectivity index (χ3n) is 4.12. The average Bonchev–Trinajstić information content (AvgIpc) is 2.86. The topological polar surface area (TPSA) is 73.2 Å². The monoisotopic (exact) mass is 333 g/mol. The minimum absolute atomic E-state index is 0.226. The van der Waals surface area contributed by atoms with Crippen molar-refractivity contribution in [1.82, 2.24) is 14.9 Å². The molecule has 1 amide bonds. The molecule has 4 rings (SSSR count). The van der Waals surface area contributed by atoms with Gasteiger partial charge >= 0.3 is 0 Å². The fourth-order valence-corrected chi connectivity index (χ4v) is 2.84. The van der Waals surface area contributed by atoms with Gasteiger partial charge in [0.2, 0.25) is 11.8 Å². The molecule has 3 heterocycles. The van der Waals surface area contributed by atoms with Gasteiger partial charge in [-0.3, -0.25) is 14.2 Å². The van der Waals surface area contributed by atoms with Crippen LogP contribution in [0.3, 0.4) is 0 Å². The van der Waals surface area contributed by atoms with Crippen molar-refractivity contribution in [2.24, 2.45) is 0 Å². The number of nitrogens with zero attached hydrogens (tertiary/aromatic N) is 2. The van der Waals surface area contributed by atoms with Gasteiger partial charge < -0.3 is 10.1 Å². The molecule has 0 bridgehead atoms. The Balaban J connectivity index is 1.96. The van der Waals surface area contributed by atoms with Crippen molar-refractivity contribution < 1.29 is 9.53 Å². The highest BCUT2D eigenvalue weighted by Crippen LogP contribution is 2.26. The number of carbonyl (C=O) groups is 1. The molecule has 6 heteroatoms. The number of hydrogen-bond acceptors (Lipinski definition) is 4. The van der Waals surface area contributed by atoms with Crippen molar-refractivity contribution in [3.8, 4) is 5.88 Å². The van der Waals surface area contributed by atoms with E-state index in [0.717, 1.165) is 5.56 Å². The van der Waals surface area contributed by atoms with Crippen molar-refractivity contribution >= 4 is 23.8 Å². The lowest BCUT2D eigenvalue weighted by Gasteiger charge is -2.27. The van der Waals surface area contributed by atoms with Crippen molar-refractivity contribution in [1.29, 1.82) is 0 Å². The second kappa shape index (κ2) is 5.90. The summed E-state index contributed by atoms with van der Waals surface area (Å²) in [5.74, 6) is 0.349. The maximum absolute atomic E-state index is 12.9. The van der Waals surface area contributed by atoms with E-state index in [4.69, 9.17) is 4.74 Å². The number of fused-ring (bicyclic) bond motifs is 2. The highest BCUT2D eigenvalue weighted by Gasteiger charge is 2.31. The van der Waals surface area contributed by atoms with E-state index >= 15 is 0 Å². The highest BCUT2D eigenvalue weighted by molar-refractivity contribution is 5.95. The molecule has 1 aromatic heterocycles. The van der Waals surface area contributed by atoms with Gasteiger partial charge in [0.15, 0.2) is 5.82 Å². The molecule has 0 saturated carbocycles. The highest BCUT2D eigenvalue weighted by atomic mass is 16.5. The van der Waals surface area contributed by atoms with Crippen molar-refractivity contribution in [3.05, 3.63) is 76.1 Å². The van der Waals surface area contributed by atoms with Crippen LogP contribution in [0.5, 0.6) is 5.88 Å². The van der Waals surface area contributed by atoms with Gasteiger partial charge in [-0.1, -0.05) is 36.4 Å². The molecule has 2 aromatic rings. The number of carbonyl (C=O) groups excluding carboxylic acids is 1. The molecule has 25 heavy (non-hydrogen) atoms. The van der Waals surface area contributed by atoms with E-state index in [2.05, 4.69) is 10.3 Å². The number of aromatic nitrogens is 2. The van der Waals surface area contributed by atoms with E-state index in [1.54, 1.807) is 31.2 Å². The summed E-state index contributed by atoms with van der Waals surface area (Å²) in [6, 6.07) is 8.87. The normalized spacial score (nSPS) is 19.6. The van der Waals surface area contributed by atoms with Gasteiger partial charge in [0.25, 0.3) is 5.56 Å². The van der Waals surface area contributed by atoms with Crippen LogP contribution in [0.1, 0.15) is 29.9 Å². The zero-order valence-corrected chi connectivity index (χ0v) is 13.5. The maximum Gasteiger partial charge on any atom is 0.265 e. The van der Waals surface area contributed by atoms with Crippen LogP contribution in [0.4, 0.5) is 0 Å². The predicted octanol–water partition coefficient (Wildman–Crippen LogP) is 2.35. The van der Waals surface area contributed by atoms with Gasteiger partial charge in [0.1, 0.15) is 11.6 Å². The molecule has 0 spiro atoms. The second-order valence-corrected chi connectivity index (χ2v) is 5.77. The summed E-state index contributed by atoms with van der Waals surface area (Å²) in [5, 5.41) is 2.83. The Labute approximate surface area is 143 Å². The molecule has 0 aliphatic carbocycles. The molecule has 2 aliphatic heterocycles. The van der Waals surface area contributed by atoms with Crippen LogP contribution in [-0.2, 0) is 4.79 Å². The third kappa shape index (κ3) is 2.57. The molecule has 124 valence electrons. The van der Waals surface area contributed by atoms with Gasteiger partial charge in [-0.2, -0.15) is 4.98 Å². The van der Waals surface area contributed by atoms with Crippen molar-refractivity contribution in [3.63, 3.8) is 0 Å². The first kappa shape index (κ1) is 15.1. The number of benzene rings is 1. The van der Waals surface area contributed by atoms with Crippen LogP contribution in [0.15, 0.2) is 53.5 Å². The first-order valence-electron chi connectivity index (χ1n) is 7.89. The summed E-state index contributed by atoms with van der Waals surface area (Å²) in [6.45, 7) is 1.67. The first-order valence-corrected chi connectivity index (χ1v) is 7.89. The van der Waals surface area contributed by atoms with E-state index in [0.29, 0.717) is 17.1 Å². The Morgan fingerprint density at radius 3 is 2.80 bits per heavy atom. The number of allylic oxidation sites excluding steroid dienone is 2. The van der Waals surface area contributed by atoms with Crippen LogP contribution in [0, 0.1) is 0 Å². The third-order valence-corrected chi connectivity index (χ3v) is 4.12. The fraction of sp³-hybridized carbons (Fsp3) is 0.105. The molecule has 1 aromatic carbocycles. The van der Waals surface area contributed by atoms with E-state index in [1.807, 2.05) is 30.3 Å². The lowest BCUT2D eigenvalue weighted by molar-refractivity contribution is -0.123. The van der Waals surface area contributed by atoms with E-state index < -0.39 is 6.04 Å². The standard InChI is InChI=1S/C19H15N3O3/c1-12-17(23)20-15(11-13-7-3-2-4-8-13)16-21-18-14(19(24)22(12)16)9-5-6-10-25-18/h2-12H,1H3,(H,20,23)/b15-11-/t12-/m1/s1. The van der Waals surface area contributed by atoms with Crippen LogP contribution in [-0.4, -0.2) is 15.5 Å². The summed E-state index contributed by atoms with van der Waals surface area (Å²) < 4.78 is 6.86. The molecule has 0 unspecified atom stereocenters. The van der Waals surface area contributed by atoms with Gasteiger partial charge in [-0.05, 0) is 30.7 Å². The van der Waals surface area contributed by atoms with Crippen LogP contribution in [0.2, 0.25) is 0 Å². The minimum Gasteiger partial charge on any atom is -0.446 e. The predicted molar refractivity (Wildman–Crippen MR) is 94.5 cm³/mol. The molecular formula is C19H15N3O3. The van der Waals surface area contributed by atoms with Gasteiger partial charge in [0.05, 0.1) is 12.0 Å². The molecule has 1 atom stereocenters. The first-order chi connectivity index (χ1) is 12.1. The largest absolute Gasteiger partial charge is 0.446 e. The molecule has 6 nitrogen and oxygen atoms in total. The fourth-order valence-electron chi connectivity index (χ4n) is 2.84. The SMILES string of the molecule is C[C@@H]1C(=O)N/C(=C\c2ccccc2)c2nc3c(c(=O)n21)C=CC=CO3. The quantitative estimate of drug-likeness (QED) is 0.869. The second-order valence-electron chi connectivity index (χ2n) is 5.77. The number of hydrogen-bond donors (Lipinski definition) is 1.